The molecule has 1 aromatic carbocycles. The van der Waals surface area contributed by atoms with E-state index in [1.807, 2.05) is 30.3 Å². The summed E-state index contributed by atoms with van der Waals surface area (Å²) in [6.07, 6.45) is 2.57. The second-order valence-electron chi connectivity index (χ2n) is 4.45. The molecule has 1 amide bonds. The molecule has 21 heavy (non-hydrogen) atoms. The van der Waals surface area contributed by atoms with Gasteiger partial charge in [0.1, 0.15) is 5.82 Å². The number of aromatic nitrogens is 3. The Bertz CT molecular complexity index is 754. The summed E-state index contributed by atoms with van der Waals surface area (Å²) in [6.45, 7) is 0. The lowest BCUT2D eigenvalue weighted by Crippen LogP contribution is -2.23. The highest BCUT2D eigenvalue weighted by Gasteiger charge is 2.20. The van der Waals surface area contributed by atoms with Crippen molar-refractivity contribution in [2.45, 2.75) is 6.10 Å². The standard InChI is InChI=1S/C15H14N4O2/c1-21-14(11-5-3-2-4-6-11)15(20)18-13-7-9-16-12-8-10-17-19(12)13/h2-10,14H,1H3,(H,18,20)/t14-/m1/s1. The molecule has 6 nitrogen and oxygen atoms in total. The molecule has 3 aromatic rings. The maximum atomic E-state index is 12.4. The molecule has 1 N–H and O–H groups in total. The molecule has 0 aliphatic rings. The number of rotatable bonds is 4. The van der Waals surface area contributed by atoms with Gasteiger partial charge in [-0.2, -0.15) is 9.61 Å². The molecular weight excluding hydrogens is 268 g/mol. The Morgan fingerprint density at radius 1 is 1.19 bits per heavy atom. The summed E-state index contributed by atoms with van der Waals surface area (Å²) >= 11 is 0. The van der Waals surface area contributed by atoms with E-state index in [2.05, 4.69) is 15.4 Å². The molecule has 1 atom stereocenters. The van der Waals surface area contributed by atoms with Crippen molar-refractivity contribution < 1.29 is 9.53 Å². The number of nitrogens with one attached hydrogen (secondary N) is 1. The Labute approximate surface area is 121 Å². The molecule has 3 rings (SSSR count). The van der Waals surface area contributed by atoms with Crippen molar-refractivity contribution in [1.29, 1.82) is 0 Å². The van der Waals surface area contributed by atoms with Crippen molar-refractivity contribution in [2.24, 2.45) is 0 Å². The van der Waals surface area contributed by atoms with Gasteiger partial charge in [0.15, 0.2) is 11.8 Å². The molecular formula is C15H14N4O2. The number of anilines is 1. The number of amides is 1. The average molecular weight is 282 g/mol. The molecule has 2 heterocycles. The van der Waals surface area contributed by atoms with E-state index >= 15 is 0 Å². The minimum atomic E-state index is -0.676. The van der Waals surface area contributed by atoms with Crippen LogP contribution in [0.1, 0.15) is 11.7 Å². The van der Waals surface area contributed by atoms with Gasteiger partial charge in [0.25, 0.3) is 5.91 Å². The van der Waals surface area contributed by atoms with Gasteiger partial charge in [0, 0.05) is 19.4 Å². The van der Waals surface area contributed by atoms with Gasteiger partial charge >= 0.3 is 0 Å². The normalized spacial score (nSPS) is 12.2. The number of fused-ring (bicyclic) bond motifs is 1. The summed E-state index contributed by atoms with van der Waals surface area (Å²) in [5.74, 6) is 0.291. The summed E-state index contributed by atoms with van der Waals surface area (Å²) in [7, 11) is 1.51. The number of hydrogen-bond donors (Lipinski definition) is 1. The molecule has 0 radical (unpaired) electrons. The summed E-state index contributed by atoms with van der Waals surface area (Å²) in [4.78, 5) is 16.6. The Morgan fingerprint density at radius 2 is 2.00 bits per heavy atom. The number of benzene rings is 1. The maximum absolute atomic E-state index is 12.4. The highest BCUT2D eigenvalue weighted by Crippen LogP contribution is 2.19. The number of nitrogens with zero attached hydrogens (tertiary/aromatic N) is 3. The van der Waals surface area contributed by atoms with Crippen molar-refractivity contribution in [2.75, 3.05) is 12.4 Å². The van der Waals surface area contributed by atoms with Crippen molar-refractivity contribution in [3.05, 3.63) is 60.4 Å². The van der Waals surface area contributed by atoms with Crippen molar-refractivity contribution in [1.82, 2.24) is 14.6 Å². The summed E-state index contributed by atoms with van der Waals surface area (Å²) in [5, 5.41) is 6.95. The van der Waals surface area contributed by atoms with Gasteiger partial charge in [-0.3, -0.25) is 4.79 Å². The number of carbonyl (C=O) groups is 1. The van der Waals surface area contributed by atoms with E-state index in [0.29, 0.717) is 11.5 Å². The Hall–Kier alpha value is -2.73. The fourth-order valence-corrected chi connectivity index (χ4v) is 2.14. The van der Waals surface area contributed by atoms with E-state index in [0.717, 1.165) is 5.56 Å². The monoisotopic (exact) mass is 282 g/mol. The van der Waals surface area contributed by atoms with Gasteiger partial charge < -0.3 is 10.1 Å². The minimum absolute atomic E-state index is 0.258. The van der Waals surface area contributed by atoms with Crippen LogP contribution < -0.4 is 5.32 Å². The summed E-state index contributed by atoms with van der Waals surface area (Å²) < 4.78 is 6.87. The summed E-state index contributed by atoms with van der Waals surface area (Å²) in [6, 6.07) is 12.8. The zero-order valence-corrected chi connectivity index (χ0v) is 11.4. The van der Waals surface area contributed by atoms with Crippen LogP contribution in [0.25, 0.3) is 5.65 Å². The Morgan fingerprint density at radius 3 is 2.76 bits per heavy atom. The molecule has 0 saturated heterocycles. The van der Waals surface area contributed by atoms with Crippen LogP contribution >= 0.6 is 0 Å². The molecule has 2 aromatic heterocycles. The lowest BCUT2D eigenvalue weighted by Gasteiger charge is -2.15. The zero-order valence-electron chi connectivity index (χ0n) is 11.4. The molecule has 0 unspecified atom stereocenters. The lowest BCUT2D eigenvalue weighted by molar-refractivity contribution is -0.126. The van der Waals surface area contributed by atoms with Crippen LogP contribution in [0.3, 0.4) is 0 Å². The van der Waals surface area contributed by atoms with Gasteiger partial charge in [-0.15, -0.1) is 0 Å². The largest absolute Gasteiger partial charge is 0.367 e. The smallest absolute Gasteiger partial charge is 0.259 e. The number of methoxy groups -OCH3 is 1. The van der Waals surface area contributed by atoms with Gasteiger partial charge in [-0.25, -0.2) is 4.98 Å². The first-order valence-corrected chi connectivity index (χ1v) is 6.47. The van der Waals surface area contributed by atoms with E-state index in [-0.39, 0.29) is 5.91 Å². The van der Waals surface area contributed by atoms with Crippen LogP contribution in [0.2, 0.25) is 0 Å². The van der Waals surface area contributed by atoms with Crippen molar-refractivity contribution >= 4 is 17.4 Å². The van der Waals surface area contributed by atoms with Gasteiger partial charge in [-0.1, -0.05) is 30.3 Å². The second-order valence-corrected chi connectivity index (χ2v) is 4.45. The third kappa shape index (κ3) is 2.61. The third-order valence-corrected chi connectivity index (χ3v) is 3.12. The number of hydrogen-bond acceptors (Lipinski definition) is 4. The Kier molecular flexibility index (Phi) is 3.61. The predicted octanol–water partition coefficient (Wildman–Crippen LogP) is 2.06. The highest BCUT2D eigenvalue weighted by molar-refractivity contribution is 5.94. The fourth-order valence-electron chi connectivity index (χ4n) is 2.14. The molecule has 0 bridgehead atoms. The average Bonchev–Trinajstić information content (AvgIpc) is 2.99. The van der Waals surface area contributed by atoms with Crippen LogP contribution in [0.5, 0.6) is 0 Å². The van der Waals surface area contributed by atoms with E-state index in [1.165, 1.54) is 7.11 Å². The van der Waals surface area contributed by atoms with Crippen molar-refractivity contribution in [3.8, 4) is 0 Å². The molecule has 106 valence electrons. The third-order valence-electron chi connectivity index (χ3n) is 3.12. The first kappa shape index (κ1) is 13.3. The maximum Gasteiger partial charge on any atom is 0.259 e. The fraction of sp³-hybridized carbons (Fsp3) is 0.133. The molecule has 6 heteroatoms. The van der Waals surface area contributed by atoms with E-state index in [1.54, 1.807) is 29.0 Å². The molecule has 0 aliphatic carbocycles. The van der Waals surface area contributed by atoms with Gasteiger partial charge in [-0.05, 0) is 11.6 Å². The van der Waals surface area contributed by atoms with Gasteiger partial charge in [0.2, 0.25) is 0 Å². The van der Waals surface area contributed by atoms with Crippen LogP contribution in [0.15, 0.2) is 54.9 Å². The van der Waals surface area contributed by atoms with E-state index < -0.39 is 6.10 Å². The topological polar surface area (TPSA) is 68.5 Å². The first-order chi connectivity index (χ1) is 10.3. The molecule has 0 fully saturated rings. The SMILES string of the molecule is CO[C@@H](C(=O)Nc1ccnc2ccnn12)c1ccccc1. The van der Waals surface area contributed by atoms with E-state index in [9.17, 15) is 4.79 Å². The second kappa shape index (κ2) is 5.72. The number of ether oxygens (including phenoxy) is 1. The summed E-state index contributed by atoms with van der Waals surface area (Å²) in [5.41, 5.74) is 1.46. The quantitative estimate of drug-likeness (QED) is 0.795. The predicted molar refractivity (Wildman–Crippen MR) is 77.8 cm³/mol. The zero-order chi connectivity index (χ0) is 14.7. The van der Waals surface area contributed by atoms with Gasteiger partial charge in [0.05, 0.1) is 6.20 Å². The molecule has 0 spiro atoms. The minimum Gasteiger partial charge on any atom is -0.367 e. The highest BCUT2D eigenvalue weighted by atomic mass is 16.5. The lowest BCUT2D eigenvalue weighted by atomic mass is 10.1. The molecule has 0 aliphatic heterocycles. The Balaban J connectivity index is 1.87. The number of carbonyl (C=O) groups excluding carboxylic acids is 1. The van der Waals surface area contributed by atoms with Crippen LogP contribution in [-0.4, -0.2) is 27.6 Å². The van der Waals surface area contributed by atoms with Crippen LogP contribution in [0.4, 0.5) is 5.82 Å². The van der Waals surface area contributed by atoms with Crippen molar-refractivity contribution in [3.63, 3.8) is 0 Å². The first-order valence-electron chi connectivity index (χ1n) is 6.47. The van der Waals surface area contributed by atoms with Crippen LogP contribution in [0, 0.1) is 0 Å². The molecule has 0 saturated carbocycles. The van der Waals surface area contributed by atoms with Crippen LogP contribution in [-0.2, 0) is 9.53 Å². The van der Waals surface area contributed by atoms with E-state index in [4.69, 9.17) is 4.74 Å².